The smallest absolute Gasteiger partial charge is 0.260 e. The fraction of sp³-hybridized carbons (Fsp3) is 0.556. The van der Waals surface area contributed by atoms with Crippen LogP contribution in [-0.4, -0.2) is 42.5 Å². The molecule has 1 saturated heterocycles. The van der Waals surface area contributed by atoms with Crippen molar-refractivity contribution in [3.8, 4) is 5.75 Å². The maximum Gasteiger partial charge on any atom is 0.260 e. The molecule has 1 aromatic rings. The van der Waals surface area contributed by atoms with E-state index in [1.165, 1.54) is 0 Å². The number of hydrogen-bond acceptors (Lipinski definition) is 3. The van der Waals surface area contributed by atoms with Crippen molar-refractivity contribution in [2.24, 2.45) is 5.92 Å². The minimum atomic E-state index is -0.0852. The van der Waals surface area contributed by atoms with Crippen LogP contribution in [-0.2, 0) is 9.59 Å². The Balaban J connectivity index is 1.74. The lowest BCUT2D eigenvalue weighted by Gasteiger charge is -2.32. The molecule has 0 radical (unpaired) electrons. The van der Waals surface area contributed by atoms with Gasteiger partial charge in [0.1, 0.15) is 5.75 Å². The van der Waals surface area contributed by atoms with Gasteiger partial charge in [0, 0.05) is 30.6 Å². The molecule has 25 heavy (non-hydrogen) atoms. The van der Waals surface area contributed by atoms with Gasteiger partial charge in [-0.3, -0.25) is 9.59 Å². The summed E-state index contributed by atoms with van der Waals surface area (Å²) in [5.74, 6) is 0.784. The first-order chi connectivity index (χ1) is 11.8. The third kappa shape index (κ3) is 6.40. The van der Waals surface area contributed by atoms with Gasteiger partial charge in [-0.15, -0.1) is 0 Å². The third-order valence-corrected chi connectivity index (χ3v) is 4.58. The summed E-state index contributed by atoms with van der Waals surface area (Å²) in [5.41, 5.74) is 0. The van der Waals surface area contributed by atoms with Gasteiger partial charge in [-0.2, -0.15) is 0 Å². The lowest BCUT2D eigenvalue weighted by atomic mass is 10.0. The van der Waals surface area contributed by atoms with Gasteiger partial charge in [-0.1, -0.05) is 37.0 Å². The van der Waals surface area contributed by atoms with Crippen molar-refractivity contribution in [1.29, 1.82) is 0 Å². The molecule has 0 atom stereocenters. The van der Waals surface area contributed by atoms with E-state index in [0.29, 0.717) is 41.2 Å². The third-order valence-electron chi connectivity index (χ3n) is 4.05. The lowest BCUT2D eigenvalue weighted by molar-refractivity contribution is -0.134. The molecular formula is C18H24Cl2N2O3. The molecule has 138 valence electrons. The number of hydrogen-bond donors (Lipinski definition) is 1. The normalized spacial score (nSPS) is 15.3. The standard InChI is InChI=1S/C18H24Cl2N2O3/c1-12(2)9-17(23)21-14-5-7-22(8-6-14)18(24)11-25-16-4-3-13(19)10-15(16)20/h3-4,10,12,14H,5-9,11H2,1-2H3,(H,21,23). The molecule has 0 spiro atoms. The van der Waals surface area contributed by atoms with Crippen LogP contribution in [0.25, 0.3) is 0 Å². The van der Waals surface area contributed by atoms with E-state index in [2.05, 4.69) is 5.32 Å². The summed E-state index contributed by atoms with van der Waals surface area (Å²) >= 11 is 11.9. The lowest BCUT2D eigenvalue weighted by Crippen LogP contribution is -2.47. The van der Waals surface area contributed by atoms with E-state index in [0.717, 1.165) is 12.8 Å². The van der Waals surface area contributed by atoms with Crippen LogP contribution in [0.4, 0.5) is 0 Å². The SMILES string of the molecule is CC(C)CC(=O)NC1CCN(C(=O)COc2ccc(Cl)cc2Cl)CC1. The van der Waals surface area contributed by atoms with E-state index in [4.69, 9.17) is 27.9 Å². The summed E-state index contributed by atoms with van der Waals surface area (Å²) in [7, 11) is 0. The highest BCUT2D eigenvalue weighted by Crippen LogP contribution is 2.27. The molecule has 1 fully saturated rings. The van der Waals surface area contributed by atoms with Crippen LogP contribution >= 0.6 is 23.2 Å². The first-order valence-corrected chi connectivity index (χ1v) is 9.25. The highest BCUT2D eigenvalue weighted by molar-refractivity contribution is 6.35. The van der Waals surface area contributed by atoms with Gasteiger partial charge >= 0.3 is 0 Å². The Morgan fingerprint density at radius 2 is 1.96 bits per heavy atom. The molecule has 2 amide bonds. The first kappa shape index (κ1) is 19.9. The van der Waals surface area contributed by atoms with Crippen LogP contribution < -0.4 is 10.1 Å². The fourth-order valence-corrected chi connectivity index (χ4v) is 3.22. The van der Waals surface area contributed by atoms with Gasteiger partial charge in [-0.25, -0.2) is 0 Å². The number of rotatable bonds is 6. The number of ether oxygens (including phenoxy) is 1. The topological polar surface area (TPSA) is 58.6 Å². The predicted octanol–water partition coefficient (Wildman–Crippen LogP) is 3.53. The monoisotopic (exact) mass is 386 g/mol. The largest absolute Gasteiger partial charge is 0.482 e. The Hall–Kier alpha value is -1.46. The summed E-state index contributed by atoms with van der Waals surface area (Å²) in [5, 5.41) is 3.94. The van der Waals surface area contributed by atoms with E-state index >= 15 is 0 Å². The van der Waals surface area contributed by atoms with Crippen LogP contribution in [0, 0.1) is 5.92 Å². The Morgan fingerprint density at radius 3 is 2.56 bits per heavy atom. The number of amides is 2. The number of benzene rings is 1. The van der Waals surface area contributed by atoms with Crippen molar-refractivity contribution in [2.75, 3.05) is 19.7 Å². The molecule has 1 heterocycles. The quantitative estimate of drug-likeness (QED) is 0.813. The predicted molar refractivity (Wildman–Crippen MR) is 99.2 cm³/mol. The average Bonchev–Trinajstić information content (AvgIpc) is 2.53. The molecule has 5 nitrogen and oxygen atoms in total. The molecule has 0 aliphatic carbocycles. The minimum absolute atomic E-state index is 0.0638. The summed E-state index contributed by atoms with van der Waals surface area (Å²) < 4.78 is 5.49. The van der Waals surface area contributed by atoms with Gasteiger partial charge in [0.25, 0.3) is 5.91 Å². The molecule has 1 aliphatic rings. The molecule has 1 aliphatic heterocycles. The van der Waals surface area contributed by atoms with Gasteiger partial charge in [-0.05, 0) is 37.0 Å². The number of likely N-dealkylation sites (tertiary alicyclic amines) is 1. The van der Waals surface area contributed by atoms with E-state index in [1.807, 2.05) is 13.8 Å². The number of halogens is 2. The Bertz CT molecular complexity index is 614. The maximum absolute atomic E-state index is 12.3. The van der Waals surface area contributed by atoms with Crippen molar-refractivity contribution in [3.63, 3.8) is 0 Å². The second-order valence-corrected chi connectivity index (χ2v) is 7.53. The van der Waals surface area contributed by atoms with Crippen LogP contribution in [0.2, 0.25) is 10.0 Å². The van der Waals surface area contributed by atoms with Gasteiger partial charge in [0.15, 0.2) is 6.61 Å². The second-order valence-electron chi connectivity index (χ2n) is 6.68. The molecule has 0 bridgehead atoms. The zero-order chi connectivity index (χ0) is 18.4. The number of nitrogens with one attached hydrogen (secondary N) is 1. The number of nitrogens with zero attached hydrogens (tertiary/aromatic N) is 1. The molecule has 2 rings (SSSR count). The fourth-order valence-electron chi connectivity index (χ4n) is 2.75. The van der Waals surface area contributed by atoms with Crippen molar-refractivity contribution >= 4 is 35.0 Å². The first-order valence-electron chi connectivity index (χ1n) is 8.50. The van der Waals surface area contributed by atoms with Crippen LogP contribution in [0.5, 0.6) is 5.75 Å². The van der Waals surface area contributed by atoms with Crippen molar-refractivity contribution in [1.82, 2.24) is 10.2 Å². The van der Waals surface area contributed by atoms with Gasteiger partial charge in [0.2, 0.25) is 5.91 Å². The molecule has 0 aromatic heterocycles. The highest BCUT2D eigenvalue weighted by atomic mass is 35.5. The van der Waals surface area contributed by atoms with Crippen molar-refractivity contribution < 1.29 is 14.3 Å². The van der Waals surface area contributed by atoms with Crippen LogP contribution in [0.15, 0.2) is 18.2 Å². The molecule has 7 heteroatoms. The molecule has 1 N–H and O–H groups in total. The Kier molecular flexibility index (Phi) is 7.38. The zero-order valence-electron chi connectivity index (χ0n) is 14.6. The second kappa shape index (κ2) is 9.30. The van der Waals surface area contributed by atoms with Crippen molar-refractivity contribution in [2.45, 2.75) is 39.2 Å². The number of carbonyl (C=O) groups excluding carboxylic acids is 2. The van der Waals surface area contributed by atoms with Crippen molar-refractivity contribution in [3.05, 3.63) is 28.2 Å². The summed E-state index contributed by atoms with van der Waals surface area (Å²) in [6.07, 6.45) is 2.06. The Labute approximate surface area is 158 Å². The summed E-state index contributed by atoms with van der Waals surface area (Å²) in [4.78, 5) is 25.8. The molecular weight excluding hydrogens is 363 g/mol. The minimum Gasteiger partial charge on any atom is -0.482 e. The number of piperidine rings is 1. The average molecular weight is 387 g/mol. The molecule has 0 saturated carbocycles. The van der Waals surface area contributed by atoms with Gasteiger partial charge < -0.3 is 15.0 Å². The van der Waals surface area contributed by atoms with Crippen LogP contribution in [0.3, 0.4) is 0 Å². The van der Waals surface area contributed by atoms with Crippen LogP contribution in [0.1, 0.15) is 33.1 Å². The zero-order valence-corrected chi connectivity index (χ0v) is 16.1. The van der Waals surface area contributed by atoms with E-state index in [9.17, 15) is 9.59 Å². The molecule has 0 unspecified atom stereocenters. The number of carbonyl (C=O) groups is 2. The van der Waals surface area contributed by atoms with E-state index in [1.54, 1.807) is 23.1 Å². The maximum atomic E-state index is 12.3. The highest BCUT2D eigenvalue weighted by Gasteiger charge is 2.24. The summed E-state index contributed by atoms with van der Waals surface area (Å²) in [6.45, 7) is 5.21. The van der Waals surface area contributed by atoms with E-state index < -0.39 is 0 Å². The summed E-state index contributed by atoms with van der Waals surface area (Å²) in [6, 6.07) is 5.03. The van der Waals surface area contributed by atoms with E-state index in [-0.39, 0.29) is 24.5 Å². The molecule has 1 aromatic carbocycles. The Morgan fingerprint density at radius 1 is 1.28 bits per heavy atom. The van der Waals surface area contributed by atoms with Gasteiger partial charge in [0.05, 0.1) is 5.02 Å².